The first-order valence-electron chi connectivity index (χ1n) is 10.2. The zero-order valence-corrected chi connectivity index (χ0v) is 17.0. The van der Waals surface area contributed by atoms with Gasteiger partial charge in [-0.05, 0) is 50.0 Å². The minimum absolute atomic E-state index is 0.0128. The van der Waals surface area contributed by atoms with Crippen molar-refractivity contribution in [1.29, 1.82) is 0 Å². The van der Waals surface area contributed by atoms with E-state index in [2.05, 4.69) is 15.3 Å². The number of para-hydroxylation sites is 1. The van der Waals surface area contributed by atoms with Gasteiger partial charge in [-0.2, -0.15) is 13.2 Å². The standard InChI is InChI=1S/C24H22F3N3O/c1-15(21-7-2-3-12-28-21)30-23(31)18-13-17-5-4-6-20(22(17)29-14-18)16-8-10-19(11-9-16)24(25,26)27/h2-8,12-15,19H,9-11H2,1H3,(H,30,31)/t15-,19?/m0/s1. The molecule has 4 rings (SSSR count). The highest BCUT2D eigenvalue weighted by atomic mass is 19.4. The number of halogens is 3. The van der Waals surface area contributed by atoms with Crippen LogP contribution in [0.1, 0.15) is 53.8 Å². The maximum absolute atomic E-state index is 13.0. The summed E-state index contributed by atoms with van der Waals surface area (Å²) >= 11 is 0. The molecule has 31 heavy (non-hydrogen) atoms. The maximum atomic E-state index is 13.0. The van der Waals surface area contributed by atoms with Crippen molar-refractivity contribution in [3.63, 3.8) is 0 Å². The third kappa shape index (κ3) is 4.60. The average molecular weight is 425 g/mol. The van der Waals surface area contributed by atoms with Crippen molar-refractivity contribution in [2.75, 3.05) is 0 Å². The number of benzene rings is 1. The van der Waals surface area contributed by atoms with Crippen LogP contribution in [-0.2, 0) is 0 Å². The second-order valence-electron chi connectivity index (χ2n) is 7.79. The fourth-order valence-corrected chi connectivity index (χ4v) is 3.91. The summed E-state index contributed by atoms with van der Waals surface area (Å²) in [6.07, 6.45) is 1.12. The summed E-state index contributed by atoms with van der Waals surface area (Å²) in [5.74, 6) is -1.54. The Labute approximate surface area is 178 Å². The van der Waals surface area contributed by atoms with Crippen molar-refractivity contribution in [1.82, 2.24) is 15.3 Å². The summed E-state index contributed by atoms with van der Waals surface area (Å²) in [5, 5.41) is 3.69. The molecular formula is C24H22F3N3O. The number of hydrogen-bond donors (Lipinski definition) is 1. The van der Waals surface area contributed by atoms with Gasteiger partial charge in [0.1, 0.15) is 0 Å². The van der Waals surface area contributed by atoms with Crippen molar-refractivity contribution >= 4 is 22.4 Å². The monoisotopic (exact) mass is 425 g/mol. The van der Waals surface area contributed by atoms with Gasteiger partial charge in [0.15, 0.2) is 0 Å². The van der Waals surface area contributed by atoms with Crippen LogP contribution in [-0.4, -0.2) is 22.1 Å². The van der Waals surface area contributed by atoms with Gasteiger partial charge < -0.3 is 5.32 Å². The number of alkyl halides is 3. The molecule has 2 atom stereocenters. The quantitative estimate of drug-likeness (QED) is 0.569. The third-order valence-corrected chi connectivity index (χ3v) is 5.67. The Morgan fingerprint density at radius 2 is 2.00 bits per heavy atom. The Kier molecular flexibility index (Phi) is 5.76. The van der Waals surface area contributed by atoms with E-state index in [1.54, 1.807) is 18.3 Å². The Balaban J connectivity index is 1.56. The molecule has 1 amide bonds. The summed E-state index contributed by atoms with van der Waals surface area (Å²) in [6.45, 7) is 1.86. The van der Waals surface area contributed by atoms with Gasteiger partial charge in [0.25, 0.3) is 5.91 Å². The Hall–Kier alpha value is -3.22. The molecular weight excluding hydrogens is 403 g/mol. The van der Waals surface area contributed by atoms with E-state index in [0.717, 1.165) is 22.2 Å². The molecule has 0 saturated heterocycles. The molecule has 0 spiro atoms. The summed E-state index contributed by atoms with van der Waals surface area (Å²) in [6, 6.07) is 12.6. The van der Waals surface area contributed by atoms with Gasteiger partial charge >= 0.3 is 6.18 Å². The minimum Gasteiger partial charge on any atom is -0.344 e. The summed E-state index contributed by atoms with van der Waals surface area (Å²) in [7, 11) is 0. The zero-order chi connectivity index (χ0) is 22.0. The van der Waals surface area contributed by atoms with Gasteiger partial charge in [-0.3, -0.25) is 14.8 Å². The van der Waals surface area contributed by atoms with Gasteiger partial charge in [-0.1, -0.05) is 30.3 Å². The molecule has 160 valence electrons. The maximum Gasteiger partial charge on any atom is 0.392 e. The van der Waals surface area contributed by atoms with E-state index in [0.29, 0.717) is 17.5 Å². The highest BCUT2D eigenvalue weighted by Crippen LogP contribution is 2.40. The molecule has 2 heterocycles. The van der Waals surface area contributed by atoms with Crippen LogP contribution in [0.5, 0.6) is 0 Å². The molecule has 0 saturated carbocycles. The van der Waals surface area contributed by atoms with Crippen molar-refractivity contribution in [3.8, 4) is 0 Å². The minimum atomic E-state index is -4.16. The van der Waals surface area contributed by atoms with Crippen LogP contribution in [0.15, 0.2) is 60.9 Å². The van der Waals surface area contributed by atoms with E-state index < -0.39 is 12.1 Å². The first-order chi connectivity index (χ1) is 14.8. The number of carbonyl (C=O) groups excluding carboxylic acids is 1. The van der Waals surface area contributed by atoms with Gasteiger partial charge in [0.05, 0.1) is 28.7 Å². The number of allylic oxidation sites excluding steroid dienone is 2. The Bertz CT molecular complexity index is 1130. The van der Waals surface area contributed by atoms with Crippen LogP contribution < -0.4 is 5.32 Å². The second kappa shape index (κ2) is 8.49. The largest absolute Gasteiger partial charge is 0.392 e. The molecule has 1 N–H and O–H groups in total. The van der Waals surface area contributed by atoms with Crippen molar-refractivity contribution in [2.24, 2.45) is 5.92 Å². The van der Waals surface area contributed by atoms with Crippen LogP contribution in [0.4, 0.5) is 13.2 Å². The van der Waals surface area contributed by atoms with Gasteiger partial charge in [-0.15, -0.1) is 0 Å². The van der Waals surface area contributed by atoms with Crippen molar-refractivity contribution in [3.05, 3.63) is 77.8 Å². The van der Waals surface area contributed by atoms with E-state index in [1.807, 2.05) is 43.3 Å². The summed E-state index contributed by atoms with van der Waals surface area (Å²) in [5.41, 5.74) is 3.57. The zero-order valence-electron chi connectivity index (χ0n) is 17.0. The number of rotatable bonds is 4. The molecule has 7 heteroatoms. The molecule has 1 aliphatic rings. The lowest BCUT2D eigenvalue weighted by Gasteiger charge is -2.24. The molecule has 0 aliphatic heterocycles. The number of hydrogen-bond acceptors (Lipinski definition) is 3. The second-order valence-corrected chi connectivity index (χ2v) is 7.79. The molecule has 4 nitrogen and oxygen atoms in total. The predicted molar refractivity (Wildman–Crippen MR) is 113 cm³/mol. The van der Waals surface area contributed by atoms with Crippen LogP contribution in [0.2, 0.25) is 0 Å². The molecule has 1 aliphatic carbocycles. The van der Waals surface area contributed by atoms with E-state index in [9.17, 15) is 18.0 Å². The number of amides is 1. The van der Waals surface area contributed by atoms with E-state index in [4.69, 9.17) is 0 Å². The molecule has 2 aromatic heterocycles. The fraction of sp³-hybridized carbons (Fsp3) is 0.292. The lowest BCUT2D eigenvalue weighted by Crippen LogP contribution is -2.27. The fourth-order valence-electron chi connectivity index (χ4n) is 3.91. The van der Waals surface area contributed by atoms with Crippen molar-refractivity contribution < 1.29 is 18.0 Å². The van der Waals surface area contributed by atoms with Gasteiger partial charge in [0.2, 0.25) is 0 Å². The predicted octanol–water partition coefficient (Wildman–Crippen LogP) is 5.87. The van der Waals surface area contributed by atoms with E-state index >= 15 is 0 Å². The van der Waals surface area contributed by atoms with Crippen molar-refractivity contribution in [2.45, 2.75) is 38.4 Å². The number of nitrogens with zero attached hydrogens (tertiary/aromatic N) is 2. The van der Waals surface area contributed by atoms with E-state index in [1.165, 1.54) is 6.20 Å². The molecule has 0 fully saturated rings. The van der Waals surface area contributed by atoms with Crippen LogP contribution in [0.25, 0.3) is 16.5 Å². The van der Waals surface area contributed by atoms with Crippen LogP contribution in [0, 0.1) is 5.92 Å². The number of fused-ring (bicyclic) bond motifs is 1. The lowest BCUT2D eigenvalue weighted by molar-refractivity contribution is -0.175. The third-order valence-electron chi connectivity index (χ3n) is 5.67. The Morgan fingerprint density at radius 3 is 2.68 bits per heavy atom. The summed E-state index contributed by atoms with van der Waals surface area (Å²) < 4.78 is 38.9. The lowest BCUT2D eigenvalue weighted by atomic mass is 9.85. The molecule has 3 aromatic rings. The Morgan fingerprint density at radius 1 is 1.16 bits per heavy atom. The number of carbonyl (C=O) groups is 1. The molecule has 1 unspecified atom stereocenters. The van der Waals surface area contributed by atoms with Gasteiger partial charge in [-0.25, -0.2) is 0 Å². The van der Waals surface area contributed by atoms with Crippen LogP contribution >= 0.6 is 0 Å². The molecule has 0 bridgehead atoms. The number of nitrogens with one attached hydrogen (secondary N) is 1. The molecule has 1 aromatic carbocycles. The number of pyridine rings is 2. The first kappa shape index (κ1) is 21.0. The van der Waals surface area contributed by atoms with Crippen LogP contribution in [0.3, 0.4) is 0 Å². The summed E-state index contributed by atoms with van der Waals surface area (Å²) in [4.78, 5) is 21.4. The highest BCUT2D eigenvalue weighted by Gasteiger charge is 2.39. The average Bonchev–Trinajstić information content (AvgIpc) is 2.78. The SMILES string of the molecule is C[C@H](NC(=O)c1cnc2c(C3=CCC(C(F)(F)F)CC3)cccc2c1)c1ccccn1. The highest BCUT2D eigenvalue weighted by molar-refractivity contribution is 5.99. The van der Waals surface area contributed by atoms with Gasteiger partial charge in [0, 0.05) is 23.3 Å². The molecule has 0 radical (unpaired) electrons. The normalized spacial score (nSPS) is 17.8. The number of aromatic nitrogens is 2. The first-order valence-corrected chi connectivity index (χ1v) is 10.2. The topological polar surface area (TPSA) is 54.9 Å². The smallest absolute Gasteiger partial charge is 0.344 e. The van der Waals surface area contributed by atoms with E-state index in [-0.39, 0.29) is 24.8 Å².